The van der Waals surface area contributed by atoms with Crippen molar-refractivity contribution in [1.29, 1.82) is 0 Å². The maximum atomic E-state index is 13.0. The highest BCUT2D eigenvalue weighted by Gasteiger charge is 2.35. The van der Waals surface area contributed by atoms with Crippen molar-refractivity contribution < 1.29 is 35.5 Å². The minimum absolute atomic E-state index is 0.0115. The molecule has 220 valence electrons. The third kappa shape index (κ3) is 7.65. The summed E-state index contributed by atoms with van der Waals surface area (Å²) in [6.45, 7) is 1.96. The van der Waals surface area contributed by atoms with Crippen molar-refractivity contribution in [2.75, 3.05) is 37.1 Å². The van der Waals surface area contributed by atoms with Crippen LogP contribution in [-0.4, -0.2) is 52.6 Å². The molecule has 4 rings (SSSR count). The van der Waals surface area contributed by atoms with Gasteiger partial charge in [0.05, 0.1) is 35.5 Å². The van der Waals surface area contributed by atoms with Crippen molar-refractivity contribution in [3.63, 3.8) is 0 Å². The van der Waals surface area contributed by atoms with Crippen molar-refractivity contribution in [2.24, 2.45) is 0 Å². The smallest absolute Gasteiger partial charge is 0.377 e. The van der Waals surface area contributed by atoms with Gasteiger partial charge in [-0.1, -0.05) is 31.2 Å². The normalized spacial score (nSPS) is 17.5. The second kappa shape index (κ2) is 13.0. The first kappa shape index (κ1) is 30.5. The molecule has 0 aliphatic carbocycles. The molecule has 2 atom stereocenters. The van der Waals surface area contributed by atoms with Gasteiger partial charge in [0.2, 0.25) is 0 Å². The van der Waals surface area contributed by atoms with Gasteiger partial charge in [0.15, 0.2) is 9.84 Å². The number of benzene rings is 3. The summed E-state index contributed by atoms with van der Waals surface area (Å²) in [5.74, 6) is -0.330. The molecule has 0 spiro atoms. The summed E-state index contributed by atoms with van der Waals surface area (Å²) >= 11 is 0. The van der Waals surface area contributed by atoms with E-state index in [2.05, 4.69) is 10.2 Å². The largest absolute Gasteiger partial charge is 0.416 e. The Kier molecular flexibility index (Phi) is 9.70. The first-order chi connectivity index (χ1) is 19.5. The van der Waals surface area contributed by atoms with E-state index < -0.39 is 28.3 Å². The predicted octanol–water partition coefficient (Wildman–Crippen LogP) is 5.78. The van der Waals surface area contributed by atoms with Crippen LogP contribution in [0.2, 0.25) is 0 Å². The van der Waals surface area contributed by atoms with Crippen LogP contribution in [0.3, 0.4) is 0 Å². The Morgan fingerprint density at radius 3 is 2.24 bits per heavy atom. The fraction of sp³-hybridized carbons (Fsp3) is 0.367. The number of amides is 1. The molecule has 1 unspecified atom stereocenters. The summed E-state index contributed by atoms with van der Waals surface area (Å²) in [7, 11) is -3.29. The third-order valence-corrected chi connectivity index (χ3v) is 8.98. The minimum Gasteiger partial charge on any atom is -0.377 e. The molecule has 41 heavy (non-hydrogen) atoms. The lowest BCUT2D eigenvalue weighted by Crippen LogP contribution is -2.33. The number of nitrogens with one attached hydrogen (secondary N) is 1. The molecule has 0 bridgehead atoms. The summed E-state index contributed by atoms with van der Waals surface area (Å²) in [5.41, 5.74) is 2.09. The fourth-order valence-corrected chi connectivity index (χ4v) is 5.80. The number of sulfone groups is 1. The molecule has 1 aliphatic rings. The highest BCUT2D eigenvalue weighted by atomic mass is 32.2. The molecule has 1 heterocycles. The summed E-state index contributed by atoms with van der Waals surface area (Å²) in [4.78, 5) is 15.1. The highest BCUT2D eigenvalue weighted by Crippen LogP contribution is 2.37. The Hall–Kier alpha value is -3.44. The summed E-state index contributed by atoms with van der Waals surface area (Å²) in [6, 6.07) is 18.4. The zero-order valence-electron chi connectivity index (χ0n) is 22.5. The average molecular weight is 593 g/mol. The average Bonchev–Trinajstić information content (AvgIpc) is 3.40. The number of rotatable bonds is 11. The van der Waals surface area contributed by atoms with E-state index in [9.17, 15) is 30.8 Å². The number of nitrogens with zero attached hydrogens (tertiary/aromatic N) is 1. The van der Waals surface area contributed by atoms with Gasteiger partial charge in [0.1, 0.15) is 6.67 Å². The molecule has 0 radical (unpaired) electrons. The van der Waals surface area contributed by atoms with Crippen molar-refractivity contribution >= 4 is 21.4 Å². The monoisotopic (exact) mass is 592 g/mol. The van der Waals surface area contributed by atoms with Gasteiger partial charge in [-0.2, -0.15) is 13.2 Å². The lowest BCUT2D eigenvalue weighted by molar-refractivity contribution is -0.137. The van der Waals surface area contributed by atoms with Gasteiger partial charge in [-0.25, -0.2) is 12.8 Å². The molecule has 0 saturated carbocycles. The number of ether oxygens (including phenoxy) is 1. The van der Waals surface area contributed by atoms with Gasteiger partial charge in [0, 0.05) is 30.3 Å². The SMILES string of the molecule is CCS(=O)(=O)c1ccc(CNC(=O)c2ccc(N3CC(c4ccc(C(F)(F)F)cc4)C[C@H]3COCCF)cc2)cc1. The standard InChI is InChI=1S/C30H32F4N2O4S/c1-2-41(38,39)28-13-3-21(4-14-28)18-35-29(37)23-7-11-26(12-8-23)36-19-24(17-27(36)20-40-16-15-31)22-5-9-25(10-6-22)30(32,33)34/h3-14,24,27H,2,15-20H2,1H3,(H,35,37)/t24?,27-/m0/s1. The number of halogens is 4. The number of anilines is 1. The van der Waals surface area contributed by atoms with Crippen LogP contribution in [0.4, 0.5) is 23.2 Å². The van der Waals surface area contributed by atoms with Crippen molar-refractivity contribution in [1.82, 2.24) is 5.32 Å². The van der Waals surface area contributed by atoms with Gasteiger partial charge in [0.25, 0.3) is 5.91 Å². The Morgan fingerprint density at radius 1 is 1.00 bits per heavy atom. The van der Waals surface area contributed by atoms with Crippen molar-refractivity contribution in [2.45, 2.75) is 42.9 Å². The third-order valence-electron chi connectivity index (χ3n) is 7.23. The van der Waals surface area contributed by atoms with Gasteiger partial charge >= 0.3 is 6.18 Å². The minimum atomic E-state index is -4.40. The number of carbonyl (C=O) groups is 1. The molecule has 3 aromatic carbocycles. The van der Waals surface area contributed by atoms with Crippen LogP contribution in [0.1, 0.15) is 46.3 Å². The molecule has 6 nitrogen and oxygen atoms in total. The zero-order valence-corrected chi connectivity index (χ0v) is 23.3. The van der Waals surface area contributed by atoms with E-state index in [4.69, 9.17) is 4.74 Å². The Labute approximate surface area is 237 Å². The molecule has 1 fully saturated rings. The van der Waals surface area contributed by atoms with E-state index in [1.807, 2.05) is 0 Å². The van der Waals surface area contributed by atoms with Crippen LogP contribution in [-0.2, 0) is 27.3 Å². The molecule has 1 saturated heterocycles. The van der Waals surface area contributed by atoms with Crippen LogP contribution in [0, 0.1) is 0 Å². The van der Waals surface area contributed by atoms with Crippen LogP contribution in [0.25, 0.3) is 0 Å². The maximum absolute atomic E-state index is 13.0. The first-order valence-electron chi connectivity index (χ1n) is 13.3. The van der Waals surface area contributed by atoms with Gasteiger partial charge in [-0.3, -0.25) is 4.79 Å². The Bertz CT molecular complexity index is 1410. The topological polar surface area (TPSA) is 75.7 Å². The highest BCUT2D eigenvalue weighted by molar-refractivity contribution is 7.91. The summed E-state index contributed by atoms with van der Waals surface area (Å²) in [5, 5.41) is 2.83. The van der Waals surface area contributed by atoms with E-state index in [0.29, 0.717) is 18.5 Å². The maximum Gasteiger partial charge on any atom is 0.416 e. The zero-order chi connectivity index (χ0) is 29.6. The number of alkyl halides is 4. The van der Waals surface area contributed by atoms with E-state index in [1.165, 1.54) is 24.3 Å². The molecule has 11 heteroatoms. The second-order valence-corrected chi connectivity index (χ2v) is 12.2. The van der Waals surface area contributed by atoms with Gasteiger partial charge in [-0.15, -0.1) is 0 Å². The number of hydrogen-bond donors (Lipinski definition) is 1. The van der Waals surface area contributed by atoms with Gasteiger partial charge in [-0.05, 0) is 66.1 Å². The predicted molar refractivity (Wildman–Crippen MR) is 149 cm³/mol. The van der Waals surface area contributed by atoms with Crippen LogP contribution in [0.15, 0.2) is 77.7 Å². The molecule has 1 N–H and O–H groups in total. The number of carbonyl (C=O) groups excluding carboxylic acids is 1. The molecule has 3 aromatic rings. The van der Waals surface area contributed by atoms with Crippen LogP contribution >= 0.6 is 0 Å². The quantitative estimate of drug-likeness (QED) is 0.226. The second-order valence-electron chi connectivity index (χ2n) is 9.90. The Morgan fingerprint density at radius 2 is 1.66 bits per heavy atom. The molecule has 1 aliphatic heterocycles. The van der Waals surface area contributed by atoms with Crippen LogP contribution in [0.5, 0.6) is 0 Å². The summed E-state index contributed by atoms with van der Waals surface area (Å²) < 4.78 is 81.1. The Balaban J connectivity index is 1.42. The number of hydrogen-bond acceptors (Lipinski definition) is 5. The van der Waals surface area contributed by atoms with Crippen molar-refractivity contribution in [3.05, 3.63) is 95.1 Å². The van der Waals surface area contributed by atoms with E-state index in [0.717, 1.165) is 28.9 Å². The molecule has 1 amide bonds. The fourth-order valence-electron chi connectivity index (χ4n) is 4.92. The lowest BCUT2D eigenvalue weighted by atomic mass is 9.95. The first-order valence-corrected chi connectivity index (χ1v) is 14.9. The van der Waals surface area contributed by atoms with Gasteiger partial charge < -0.3 is 15.0 Å². The molecule has 0 aromatic heterocycles. The van der Waals surface area contributed by atoms with E-state index in [1.54, 1.807) is 43.3 Å². The summed E-state index contributed by atoms with van der Waals surface area (Å²) in [6.07, 6.45) is -3.78. The lowest BCUT2D eigenvalue weighted by Gasteiger charge is -2.26. The molecular weight excluding hydrogens is 560 g/mol. The van der Waals surface area contributed by atoms with Crippen LogP contribution < -0.4 is 10.2 Å². The van der Waals surface area contributed by atoms with E-state index >= 15 is 0 Å². The molecular formula is C30H32F4N2O4S. The van der Waals surface area contributed by atoms with E-state index in [-0.39, 0.29) is 48.3 Å². The van der Waals surface area contributed by atoms with Crippen molar-refractivity contribution in [3.8, 4) is 0 Å².